The molecule has 4 heteroatoms. The highest BCUT2D eigenvalue weighted by molar-refractivity contribution is 7.19. The SMILES string of the molecule is CCc1cnc(CNC(C)c2cc3ccccc3s2)s1. The van der Waals surface area contributed by atoms with E-state index in [0.717, 1.165) is 13.0 Å². The highest BCUT2D eigenvalue weighted by Crippen LogP contribution is 2.29. The predicted octanol–water partition coefficient (Wildman–Crippen LogP) is 4.77. The number of thiophene rings is 1. The van der Waals surface area contributed by atoms with Crippen molar-refractivity contribution in [2.45, 2.75) is 32.9 Å². The molecule has 3 aromatic rings. The third kappa shape index (κ3) is 2.92. The van der Waals surface area contributed by atoms with Crippen LogP contribution in [0.4, 0.5) is 0 Å². The summed E-state index contributed by atoms with van der Waals surface area (Å²) in [4.78, 5) is 7.20. The van der Waals surface area contributed by atoms with Crippen LogP contribution >= 0.6 is 22.7 Å². The number of nitrogens with one attached hydrogen (secondary N) is 1. The van der Waals surface area contributed by atoms with E-state index in [-0.39, 0.29) is 0 Å². The topological polar surface area (TPSA) is 24.9 Å². The summed E-state index contributed by atoms with van der Waals surface area (Å²) in [6, 6.07) is 11.2. The Balaban J connectivity index is 1.67. The van der Waals surface area contributed by atoms with Crippen LogP contribution in [-0.2, 0) is 13.0 Å². The van der Waals surface area contributed by atoms with Gasteiger partial charge in [-0.3, -0.25) is 0 Å². The number of thiazole rings is 1. The smallest absolute Gasteiger partial charge is 0.107 e. The lowest BCUT2D eigenvalue weighted by atomic mass is 10.2. The molecule has 1 N–H and O–H groups in total. The van der Waals surface area contributed by atoms with Crippen molar-refractivity contribution in [1.82, 2.24) is 10.3 Å². The first-order valence-corrected chi connectivity index (χ1v) is 8.55. The summed E-state index contributed by atoms with van der Waals surface area (Å²) in [7, 11) is 0. The van der Waals surface area contributed by atoms with Gasteiger partial charge in [0.05, 0.1) is 0 Å². The lowest BCUT2D eigenvalue weighted by Gasteiger charge is -2.10. The average molecular weight is 302 g/mol. The quantitative estimate of drug-likeness (QED) is 0.734. The Morgan fingerprint density at radius 3 is 2.85 bits per heavy atom. The second-order valence-corrected chi connectivity index (χ2v) is 7.18. The van der Waals surface area contributed by atoms with Crippen molar-refractivity contribution in [2.75, 3.05) is 0 Å². The van der Waals surface area contributed by atoms with E-state index in [1.54, 1.807) is 11.3 Å². The minimum Gasteiger partial charge on any atom is -0.303 e. The number of nitrogens with zero attached hydrogens (tertiary/aromatic N) is 1. The molecule has 20 heavy (non-hydrogen) atoms. The van der Waals surface area contributed by atoms with Gasteiger partial charge in [-0.05, 0) is 30.9 Å². The molecule has 1 atom stereocenters. The van der Waals surface area contributed by atoms with Crippen LogP contribution in [0, 0.1) is 0 Å². The van der Waals surface area contributed by atoms with Crippen LogP contribution in [0.15, 0.2) is 36.5 Å². The second-order valence-electron chi connectivity index (χ2n) is 4.86. The van der Waals surface area contributed by atoms with E-state index in [2.05, 4.69) is 54.5 Å². The van der Waals surface area contributed by atoms with Crippen LogP contribution in [0.25, 0.3) is 10.1 Å². The van der Waals surface area contributed by atoms with Crippen LogP contribution in [0.3, 0.4) is 0 Å². The molecule has 2 heterocycles. The lowest BCUT2D eigenvalue weighted by Crippen LogP contribution is -2.16. The molecule has 0 aliphatic rings. The highest BCUT2D eigenvalue weighted by Gasteiger charge is 2.10. The Labute approximate surface area is 127 Å². The van der Waals surface area contributed by atoms with Crippen molar-refractivity contribution < 1.29 is 0 Å². The van der Waals surface area contributed by atoms with E-state index in [0.29, 0.717) is 6.04 Å². The number of rotatable bonds is 5. The predicted molar refractivity (Wildman–Crippen MR) is 88.6 cm³/mol. The van der Waals surface area contributed by atoms with E-state index in [1.165, 1.54) is 24.8 Å². The maximum Gasteiger partial charge on any atom is 0.107 e. The number of benzene rings is 1. The molecular formula is C16H18N2S2. The third-order valence-corrected chi connectivity index (χ3v) is 5.82. The fraction of sp³-hybridized carbons (Fsp3) is 0.312. The Kier molecular flexibility index (Phi) is 4.15. The fourth-order valence-corrected chi connectivity index (χ4v) is 4.05. The van der Waals surface area contributed by atoms with Gasteiger partial charge >= 0.3 is 0 Å². The van der Waals surface area contributed by atoms with Crippen LogP contribution in [0.2, 0.25) is 0 Å². The Morgan fingerprint density at radius 2 is 2.10 bits per heavy atom. The van der Waals surface area contributed by atoms with Gasteiger partial charge in [-0.15, -0.1) is 22.7 Å². The molecule has 0 spiro atoms. The molecule has 2 nitrogen and oxygen atoms in total. The molecule has 0 saturated carbocycles. The zero-order valence-electron chi connectivity index (χ0n) is 11.7. The fourth-order valence-electron chi connectivity index (χ4n) is 2.15. The van der Waals surface area contributed by atoms with Gasteiger partial charge in [0.15, 0.2) is 0 Å². The number of aryl methyl sites for hydroxylation is 1. The summed E-state index contributed by atoms with van der Waals surface area (Å²) >= 11 is 3.68. The first kappa shape index (κ1) is 13.7. The zero-order valence-corrected chi connectivity index (χ0v) is 13.4. The normalized spacial score (nSPS) is 12.9. The summed E-state index contributed by atoms with van der Waals surface area (Å²) in [5.74, 6) is 0. The van der Waals surface area contributed by atoms with Gasteiger partial charge in [0.2, 0.25) is 0 Å². The number of fused-ring (bicyclic) bond motifs is 1. The molecule has 104 valence electrons. The summed E-state index contributed by atoms with van der Waals surface area (Å²) in [6.45, 7) is 5.24. The molecule has 0 bridgehead atoms. The second kappa shape index (κ2) is 6.04. The average Bonchev–Trinajstić information content (AvgIpc) is 3.10. The van der Waals surface area contributed by atoms with E-state index < -0.39 is 0 Å². The van der Waals surface area contributed by atoms with Gasteiger partial charge < -0.3 is 5.32 Å². The van der Waals surface area contributed by atoms with E-state index in [1.807, 2.05) is 17.5 Å². The van der Waals surface area contributed by atoms with Crippen molar-refractivity contribution in [2.24, 2.45) is 0 Å². The monoisotopic (exact) mass is 302 g/mol. The molecule has 0 aliphatic heterocycles. The van der Waals surface area contributed by atoms with E-state index in [9.17, 15) is 0 Å². The van der Waals surface area contributed by atoms with Gasteiger partial charge in [0, 0.05) is 33.2 Å². The zero-order chi connectivity index (χ0) is 13.9. The van der Waals surface area contributed by atoms with Crippen LogP contribution in [0.1, 0.15) is 34.7 Å². The summed E-state index contributed by atoms with van der Waals surface area (Å²) in [5, 5.41) is 6.08. The molecule has 3 rings (SSSR count). The van der Waals surface area contributed by atoms with Crippen LogP contribution in [-0.4, -0.2) is 4.98 Å². The maximum absolute atomic E-state index is 4.45. The third-order valence-electron chi connectivity index (χ3n) is 3.38. The number of hydrogen-bond donors (Lipinski definition) is 1. The maximum atomic E-state index is 4.45. The van der Waals surface area contributed by atoms with Crippen molar-refractivity contribution in [1.29, 1.82) is 0 Å². The van der Waals surface area contributed by atoms with Gasteiger partial charge in [-0.25, -0.2) is 4.98 Å². The van der Waals surface area contributed by atoms with Crippen molar-refractivity contribution in [3.63, 3.8) is 0 Å². The Bertz CT molecular complexity index is 666. The minimum atomic E-state index is 0.362. The molecule has 0 amide bonds. The molecule has 1 aromatic carbocycles. The standard InChI is InChI=1S/C16H18N2S2/c1-3-13-9-18-16(19-13)10-17-11(2)15-8-12-6-4-5-7-14(12)20-15/h4-9,11,17H,3,10H2,1-2H3. The van der Waals surface area contributed by atoms with Crippen molar-refractivity contribution in [3.8, 4) is 0 Å². The largest absolute Gasteiger partial charge is 0.303 e. The molecule has 1 unspecified atom stereocenters. The Hall–Kier alpha value is -1.23. The molecule has 2 aromatic heterocycles. The van der Waals surface area contributed by atoms with Gasteiger partial charge in [0.1, 0.15) is 5.01 Å². The summed E-state index contributed by atoms with van der Waals surface area (Å²) < 4.78 is 1.36. The van der Waals surface area contributed by atoms with Gasteiger partial charge in [-0.1, -0.05) is 25.1 Å². The van der Waals surface area contributed by atoms with E-state index in [4.69, 9.17) is 0 Å². The summed E-state index contributed by atoms with van der Waals surface area (Å²) in [6.07, 6.45) is 3.06. The molecule has 0 aliphatic carbocycles. The Morgan fingerprint density at radius 1 is 1.25 bits per heavy atom. The molecule has 0 saturated heterocycles. The van der Waals surface area contributed by atoms with Crippen molar-refractivity contribution in [3.05, 3.63) is 51.3 Å². The van der Waals surface area contributed by atoms with Crippen molar-refractivity contribution >= 4 is 32.8 Å². The van der Waals surface area contributed by atoms with Gasteiger partial charge in [0.25, 0.3) is 0 Å². The van der Waals surface area contributed by atoms with Crippen LogP contribution in [0.5, 0.6) is 0 Å². The highest BCUT2D eigenvalue weighted by atomic mass is 32.1. The van der Waals surface area contributed by atoms with Crippen LogP contribution < -0.4 is 5.32 Å². The lowest BCUT2D eigenvalue weighted by molar-refractivity contribution is 0.581. The first-order chi connectivity index (χ1) is 9.76. The molecule has 0 radical (unpaired) electrons. The minimum absolute atomic E-state index is 0.362. The van der Waals surface area contributed by atoms with Gasteiger partial charge in [-0.2, -0.15) is 0 Å². The molecule has 0 fully saturated rings. The first-order valence-electron chi connectivity index (χ1n) is 6.91. The van der Waals surface area contributed by atoms with E-state index >= 15 is 0 Å². The summed E-state index contributed by atoms with van der Waals surface area (Å²) in [5.41, 5.74) is 0. The number of hydrogen-bond acceptors (Lipinski definition) is 4. The number of aromatic nitrogens is 1. The molecular weight excluding hydrogens is 284 g/mol.